The van der Waals surface area contributed by atoms with E-state index in [0.29, 0.717) is 6.04 Å². The van der Waals surface area contributed by atoms with Gasteiger partial charge >= 0.3 is 0 Å². The number of rotatable bonds is 5. The summed E-state index contributed by atoms with van der Waals surface area (Å²) < 4.78 is 0. The molecule has 2 rings (SSSR count). The standard InChI is InChI=1S/C13H21NS/c14-12(10-11-4-1-2-5-11)7-8-13-6-3-9-15-13/h3,6,9,11-12H,1-2,4-5,7-8,10,14H2. The van der Waals surface area contributed by atoms with Gasteiger partial charge in [0.05, 0.1) is 0 Å². The van der Waals surface area contributed by atoms with Crippen molar-refractivity contribution in [3.05, 3.63) is 22.4 Å². The van der Waals surface area contributed by atoms with E-state index in [1.54, 1.807) is 0 Å². The first-order valence-corrected chi connectivity index (χ1v) is 7.00. The number of aryl methyl sites for hydroxylation is 1. The normalized spacial score (nSPS) is 19.5. The second-order valence-corrected chi connectivity index (χ2v) is 5.80. The fraction of sp³-hybridized carbons (Fsp3) is 0.692. The summed E-state index contributed by atoms with van der Waals surface area (Å²) in [6.45, 7) is 0. The third-order valence-corrected chi connectivity index (χ3v) is 4.39. The Bertz CT molecular complexity index is 262. The highest BCUT2D eigenvalue weighted by Gasteiger charge is 2.17. The molecule has 1 fully saturated rings. The largest absolute Gasteiger partial charge is 0.328 e. The molecular formula is C13H21NS. The molecule has 1 saturated carbocycles. The molecule has 0 bridgehead atoms. The van der Waals surface area contributed by atoms with E-state index in [9.17, 15) is 0 Å². The van der Waals surface area contributed by atoms with E-state index < -0.39 is 0 Å². The van der Waals surface area contributed by atoms with Crippen molar-refractivity contribution in [1.29, 1.82) is 0 Å². The topological polar surface area (TPSA) is 26.0 Å². The summed E-state index contributed by atoms with van der Waals surface area (Å²) in [5.41, 5.74) is 6.17. The van der Waals surface area contributed by atoms with Crippen molar-refractivity contribution in [2.75, 3.05) is 0 Å². The van der Waals surface area contributed by atoms with Gasteiger partial charge in [-0.05, 0) is 36.6 Å². The van der Waals surface area contributed by atoms with Crippen LogP contribution in [0.4, 0.5) is 0 Å². The third kappa shape index (κ3) is 3.62. The van der Waals surface area contributed by atoms with Gasteiger partial charge in [0, 0.05) is 10.9 Å². The fourth-order valence-electron chi connectivity index (χ4n) is 2.57. The zero-order valence-electron chi connectivity index (χ0n) is 9.32. The van der Waals surface area contributed by atoms with E-state index in [4.69, 9.17) is 5.73 Å². The Morgan fingerprint density at radius 1 is 1.40 bits per heavy atom. The Morgan fingerprint density at radius 3 is 2.87 bits per heavy atom. The number of nitrogens with two attached hydrogens (primary N) is 1. The van der Waals surface area contributed by atoms with E-state index in [1.807, 2.05) is 11.3 Å². The predicted molar refractivity (Wildman–Crippen MR) is 67.2 cm³/mol. The van der Waals surface area contributed by atoms with Crippen LogP contribution >= 0.6 is 11.3 Å². The lowest BCUT2D eigenvalue weighted by molar-refractivity contribution is 0.428. The van der Waals surface area contributed by atoms with Crippen LogP contribution in [0.25, 0.3) is 0 Å². The third-order valence-electron chi connectivity index (χ3n) is 3.45. The van der Waals surface area contributed by atoms with Gasteiger partial charge in [-0.3, -0.25) is 0 Å². The molecule has 0 radical (unpaired) electrons. The molecule has 15 heavy (non-hydrogen) atoms. The zero-order valence-corrected chi connectivity index (χ0v) is 10.1. The summed E-state index contributed by atoms with van der Waals surface area (Å²) >= 11 is 1.85. The van der Waals surface area contributed by atoms with Crippen molar-refractivity contribution in [3.63, 3.8) is 0 Å². The lowest BCUT2D eigenvalue weighted by Gasteiger charge is -2.15. The maximum atomic E-state index is 6.17. The summed E-state index contributed by atoms with van der Waals surface area (Å²) in [6, 6.07) is 4.77. The molecule has 0 aromatic carbocycles. The van der Waals surface area contributed by atoms with Crippen molar-refractivity contribution in [1.82, 2.24) is 0 Å². The average Bonchev–Trinajstić information content (AvgIpc) is 2.86. The number of hydrogen-bond acceptors (Lipinski definition) is 2. The van der Waals surface area contributed by atoms with Gasteiger partial charge in [-0.1, -0.05) is 31.7 Å². The van der Waals surface area contributed by atoms with Crippen molar-refractivity contribution in [2.45, 2.75) is 51.0 Å². The van der Waals surface area contributed by atoms with Crippen LogP contribution in [0.15, 0.2) is 17.5 Å². The molecule has 84 valence electrons. The van der Waals surface area contributed by atoms with Crippen LogP contribution in [0, 0.1) is 5.92 Å². The lowest BCUT2D eigenvalue weighted by atomic mass is 9.96. The second kappa shape index (κ2) is 5.66. The Balaban J connectivity index is 1.66. The van der Waals surface area contributed by atoms with E-state index >= 15 is 0 Å². The van der Waals surface area contributed by atoms with Gasteiger partial charge in [-0.25, -0.2) is 0 Å². The maximum Gasteiger partial charge on any atom is 0.00458 e. The van der Waals surface area contributed by atoms with Gasteiger partial charge in [0.1, 0.15) is 0 Å². The van der Waals surface area contributed by atoms with Gasteiger partial charge in [0.15, 0.2) is 0 Å². The quantitative estimate of drug-likeness (QED) is 0.811. The molecule has 1 aromatic rings. The summed E-state index contributed by atoms with van der Waals surface area (Å²) in [5, 5.41) is 2.15. The minimum Gasteiger partial charge on any atom is -0.328 e. The first kappa shape index (κ1) is 11.2. The van der Waals surface area contributed by atoms with Crippen molar-refractivity contribution < 1.29 is 0 Å². The van der Waals surface area contributed by atoms with Gasteiger partial charge in [0.25, 0.3) is 0 Å². The van der Waals surface area contributed by atoms with Gasteiger partial charge in [-0.2, -0.15) is 0 Å². The first-order valence-electron chi connectivity index (χ1n) is 6.12. The molecule has 1 atom stereocenters. The molecule has 0 saturated heterocycles. The molecule has 0 aliphatic heterocycles. The summed E-state index contributed by atoms with van der Waals surface area (Å²) in [6.07, 6.45) is 9.30. The van der Waals surface area contributed by atoms with Gasteiger partial charge in [0.2, 0.25) is 0 Å². The van der Waals surface area contributed by atoms with E-state index in [1.165, 1.54) is 43.4 Å². The number of hydrogen-bond donors (Lipinski definition) is 1. The average molecular weight is 223 g/mol. The van der Waals surface area contributed by atoms with Crippen molar-refractivity contribution in [2.24, 2.45) is 11.7 Å². The van der Waals surface area contributed by atoms with Crippen LogP contribution in [-0.2, 0) is 6.42 Å². The van der Waals surface area contributed by atoms with Crippen molar-refractivity contribution >= 4 is 11.3 Å². The predicted octanol–water partition coefficient (Wildman–Crippen LogP) is 3.59. The molecule has 0 spiro atoms. The van der Waals surface area contributed by atoms with Crippen LogP contribution in [0.2, 0.25) is 0 Å². The van der Waals surface area contributed by atoms with E-state index in [0.717, 1.165) is 12.3 Å². The van der Waals surface area contributed by atoms with Crippen LogP contribution in [-0.4, -0.2) is 6.04 Å². The molecule has 1 nitrogen and oxygen atoms in total. The van der Waals surface area contributed by atoms with E-state index in [2.05, 4.69) is 17.5 Å². The van der Waals surface area contributed by atoms with Gasteiger partial charge < -0.3 is 5.73 Å². The van der Waals surface area contributed by atoms with E-state index in [-0.39, 0.29) is 0 Å². The Morgan fingerprint density at radius 2 is 2.20 bits per heavy atom. The van der Waals surface area contributed by atoms with Crippen LogP contribution in [0.3, 0.4) is 0 Å². The molecule has 1 aromatic heterocycles. The SMILES string of the molecule is NC(CCc1cccs1)CC1CCCC1. The molecular weight excluding hydrogens is 202 g/mol. The number of thiophene rings is 1. The molecule has 0 amide bonds. The molecule has 2 heteroatoms. The minimum absolute atomic E-state index is 0.426. The minimum atomic E-state index is 0.426. The monoisotopic (exact) mass is 223 g/mol. The van der Waals surface area contributed by atoms with Gasteiger partial charge in [-0.15, -0.1) is 11.3 Å². The van der Waals surface area contributed by atoms with Crippen LogP contribution in [0.5, 0.6) is 0 Å². The summed E-state index contributed by atoms with van der Waals surface area (Å²) in [4.78, 5) is 1.48. The molecule has 1 aliphatic rings. The highest BCUT2D eigenvalue weighted by Crippen LogP contribution is 2.29. The second-order valence-electron chi connectivity index (χ2n) is 4.76. The van der Waals surface area contributed by atoms with Crippen molar-refractivity contribution in [3.8, 4) is 0 Å². The zero-order chi connectivity index (χ0) is 10.5. The lowest BCUT2D eigenvalue weighted by Crippen LogP contribution is -2.23. The highest BCUT2D eigenvalue weighted by atomic mass is 32.1. The first-order chi connectivity index (χ1) is 7.34. The Hall–Kier alpha value is -0.340. The Kier molecular flexibility index (Phi) is 4.21. The fourth-order valence-corrected chi connectivity index (χ4v) is 3.30. The van der Waals surface area contributed by atoms with Crippen LogP contribution < -0.4 is 5.73 Å². The molecule has 1 heterocycles. The highest BCUT2D eigenvalue weighted by molar-refractivity contribution is 7.09. The molecule has 1 aliphatic carbocycles. The smallest absolute Gasteiger partial charge is 0.00458 e. The maximum absolute atomic E-state index is 6.17. The summed E-state index contributed by atoms with van der Waals surface area (Å²) in [5.74, 6) is 0.934. The Labute approximate surface area is 96.7 Å². The van der Waals surface area contributed by atoms with Crippen LogP contribution in [0.1, 0.15) is 43.4 Å². The molecule has 1 unspecified atom stereocenters. The summed E-state index contributed by atoms with van der Waals surface area (Å²) in [7, 11) is 0. The molecule has 2 N–H and O–H groups in total.